The third-order valence-corrected chi connectivity index (χ3v) is 4.02. The molecule has 4 heteroatoms. The molecule has 1 unspecified atom stereocenters. The van der Waals surface area contributed by atoms with Crippen LogP contribution in [0, 0.1) is 0 Å². The van der Waals surface area contributed by atoms with Crippen molar-refractivity contribution in [1.82, 2.24) is 5.32 Å². The molecule has 2 aromatic rings. The fourth-order valence-corrected chi connectivity index (χ4v) is 2.86. The van der Waals surface area contributed by atoms with Crippen molar-refractivity contribution in [3.63, 3.8) is 0 Å². The fraction of sp³-hybridized carbons (Fsp3) is 0.222. The standard InChI is InChI=1S/C18H17NO3/c20-17(15-10-9-12-7-4-8-14(12)11-15)19-16(18(21)22)13-5-2-1-3-6-13/h1-3,5-6,9-11,16H,4,7-8H2,(H,19,20)(H,21,22). The molecule has 0 spiro atoms. The zero-order valence-electron chi connectivity index (χ0n) is 12.1. The topological polar surface area (TPSA) is 66.4 Å². The van der Waals surface area contributed by atoms with Crippen molar-refractivity contribution in [3.8, 4) is 0 Å². The van der Waals surface area contributed by atoms with Crippen molar-refractivity contribution in [2.24, 2.45) is 0 Å². The number of rotatable bonds is 4. The quantitative estimate of drug-likeness (QED) is 0.911. The molecule has 112 valence electrons. The summed E-state index contributed by atoms with van der Waals surface area (Å²) in [4.78, 5) is 23.8. The third kappa shape index (κ3) is 2.86. The van der Waals surface area contributed by atoms with E-state index in [1.807, 2.05) is 18.2 Å². The Hall–Kier alpha value is -2.62. The Balaban J connectivity index is 1.81. The SMILES string of the molecule is O=C(NC(C(=O)O)c1ccccc1)c1ccc2c(c1)CCC2. The first-order valence-electron chi connectivity index (χ1n) is 7.35. The minimum Gasteiger partial charge on any atom is -0.479 e. The van der Waals surface area contributed by atoms with E-state index in [2.05, 4.69) is 5.32 Å². The molecular weight excluding hydrogens is 278 g/mol. The highest BCUT2D eigenvalue weighted by molar-refractivity contribution is 5.97. The predicted octanol–water partition coefficient (Wildman–Crippen LogP) is 2.73. The Morgan fingerprint density at radius 2 is 1.73 bits per heavy atom. The number of carbonyl (C=O) groups is 2. The van der Waals surface area contributed by atoms with Crippen molar-refractivity contribution in [2.45, 2.75) is 25.3 Å². The Kier molecular flexibility index (Phi) is 3.92. The van der Waals surface area contributed by atoms with Gasteiger partial charge >= 0.3 is 5.97 Å². The van der Waals surface area contributed by atoms with Crippen LogP contribution in [0.5, 0.6) is 0 Å². The molecule has 1 aliphatic rings. The molecule has 0 saturated carbocycles. The van der Waals surface area contributed by atoms with Gasteiger partial charge in [0.2, 0.25) is 0 Å². The van der Waals surface area contributed by atoms with E-state index in [9.17, 15) is 14.7 Å². The fourth-order valence-electron chi connectivity index (χ4n) is 2.86. The largest absolute Gasteiger partial charge is 0.479 e. The molecule has 4 nitrogen and oxygen atoms in total. The lowest BCUT2D eigenvalue weighted by Gasteiger charge is -2.15. The molecule has 1 atom stereocenters. The Labute approximate surface area is 128 Å². The van der Waals surface area contributed by atoms with Gasteiger partial charge in [-0.2, -0.15) is 0 Å². The van der Waals surface area contributed by atoms with Crippen LogP contribution in [0.15, 0.2) is 48.5 Å². The minimum absolute atomic E-state index is 0.356. The Bertz CT molecular complexity index is 710. The second kappa shape index (κ2) is 6.02. The van der Waals surface area contributed by atoms with Gasteiger partial charge in [0, 0.05) is 5.56 Å². The van der Waals surface area contributed by atoms with Gasteiger partial charge in [-0.15, -0.1) is 0 Å². The molecule has 1 amide bonds. The summed E-state index contributed by atoms with van der Waals surface area (Å²) in [6.45, 7) is 0. The molecule has 0 fully saturated rings. The smallest absolute Gasteiger partial charge is 0.330 e. The molecule has 0 aromatic heterocycles. The number of aryl methyl sites for hydroxylation is 2. The summed E-state index contributed by atoms with van der Waals surface area (Å²) in [7, 11) is 0. The number of nitrogens with one attached hydrogen (secondary N) is 1. The van der Waals surface area contributed by atoms with Crippen LogP contribution < -0.4 is 5.32 Å². The molecule has 0 bridgehead atoms. The van der Waals surface area contributed by atoms with Crippen LogP contribution in [0.25, 0.3) is 0 Å². The number of hydrogen-bond donors (Lipinski definition) is 2. The number of fused-ring (bicyclic) bond motifs is 1. The number of benzene rings is 2. The van der Waals surface area contributed by atoms with Crippen LogP contribution in [0.4, 0.5) is 0 Å². The summed E-state index contributed by atoms with van der Waals surface area (Å²) in [5.74, 6) is -1.42. The average molecular weight is 295 g/mol. The zero-order chi connectivity index (χ0) is 15.5. The number of hydrogen-bond acceptors (Lipinski definition) is 2. The van der Waals surface area contributed by atoms with Crippen molar-refractivity contribution in [2.75, 3.05) is 0 Å². The van der Waals surface area contributed by atoms with Crippen LogP contribution >= 0.6 is 0 Å². The van der Waals surface area contributed by atoms with Gasteiger partial charge in [0.05, 0.1) is 0 Å². The summed E-state index contributed by atoms with van der Waals surface area (Å²) >= 11 is 0. The number of aliphatic carboxylic acids is 1. The first kappa shape index (κ1) is 14.3. The lowest BCUT2D eigenvalue weighted by Crippen LogP contribution is -2.33. The first-order valence-corrected chi connectivity index (χ1v) is 7.35. The van der Waals surface area contributed by atoms with Crippen LogP contribution in [0.2, 0.25) is 0 Å². The normalized spacial score (nSPS) is 14.2. The first-order chi connectivity index (χ1) is 10.6. The Morgan fingerprint density at radius 1 is 1.00 bits per heavy atom. The molecule has 0 aliphatic heterocycles. The highest BCUT2D eigenvalue weighted by Gasteiger charge is 2.23. The molecule has 0 saturated heterocycles. The van der Waals surface area contributed by atoms with Crippen molar-refractivity contribution >= 4 is 11.9 Å². The van der Waals surface area contributed by atoms with Gasteiger partial charge in [0.15, 0.2) is 6.04 Å². The molecule has 1 aliphatic carbocycles. The molecule has 3 rings (SSSR count). The van der Waals surface area contributed by atoms with Gasteiger partial charge in [-0.05, 0) is 48.1 Å². The third-order valence-electron chi connectivity index (χ3n) is 4.02. The lowest BCUT2D eigenvalue weighted by atomic mass is 10.0. The zero-order valence-corrected chi connectivity index (χ0v) is 12.1. The van der Waals surface area contributed by atoms with Crippen LogP contribution in [-0.4, -0.2) is 17.0 Å². The summed E-state index contributed by atoms with van der Waals surface area (Å²) in [6, 6.07) is 13.3. The van der Waals surface area contributed by atoms with Crippen molar-refractivity contribution < 1.29 is 14.7 Å². The van der Waals surface area contributed by atoms with Crippen molar-refractivity contribution in [3.05, 3.63) is 70.8 Å². The van der Waals surface area contributed by atoms with Crippen LogP contribution in [0.3, 0.4) is 0 Å². The average Bonchev–Trinajstić information content (AvgIpc) is 3.00. The second-order valence-corrected chi connectivity index (χ2v) is 5.49. The van der Waals surface area contributed by atoms with Gasteiger partial charge in [-0.1, -0.05) is 36.4 Å². The number of amides is 1. The molecule has 2 N–H and O–H groups in total. The van der Waals surface area contributed by atoms with Crippen LogP contribution in [0.1, 0.15) is 39.5 Å². The van der Waals surface area contributed by atoms with Gasteiger partial charge in [0.25, 0.3) is 5.91 Å². The Morgan fingerprint density at radius 3 is 2.45 bits per heavy atom. The molecule has 0 heterocycles. The molecule has 0 radical (unpaired) electrons. The molecule has 22 heavy (non-hydrogen) atoms. The number of carboxylic acid groups (broad SMARTS) is 1. The summed E-state index contributed by atoms with van der Waals surface area (Å²) in [6.07, 6.45) is 3.15. The van der Waals surface area contributed by atoms with E-state index >= 15 is 0 Å². The summed E-state index contributed by atoms with van der Waals surface area (Å²) in [5, 5.41) is 12.0. The maximum Gasteiger partial charge on any atom is 0.330 e. The number of carbonyl (C=O) groups excluding carboxylic acids is 1. The van der Waals surface area contributed by atoms with Crippen LogP contribution in [-0.2, 0) is 17.6 Å². The second-order valence-electron chi connectivity index (χ2n) is 5.49. The summed E-state index contributed by atoms with van der Waals surface area (Å²) < 4.78 is 0. The van der Waals surface area contributed by atoms with Gasteiger partial charge in [-0.25, -0.2) is 4.79 Å². The van der Waals surface area contributed by atoms with E-state index in [0.29, 0.717) is 11.1 Å². The van der Waals surface area contributed by atoms with E-state index < -0.39 is 12.0 Å². The molecule has 2 aromatic carbocycles. The predicted molar refractivity (Wildman–Crippen MR) is 82.8 cm³/mol. The summed E-state index contributed by atoms with van der Waals surface area (Å²) in [5.41, 5.74) is 3.56. The number of carboxylic acids is 1. The van der Waals surface area contributed by atoms with E-state index in [4.69, 9.17) is 0 Å². The van der Waals surface area contributed by atoms with Gasteiger partial charge in [-0.3, -0.25) is 4.79 Å². The highest BCUT2D eigenvalue weighted by Crippen LogP contribution is 2.23. The van der Waals surface area contributed by atoms with Crippen molar-refractivity contribution in [1.29, 1.82) is 0 Å². The highest BCUT2D eigenvalue weighted by atomic mass is 16.4. The van der Waals surface area contributed by atoms with Gasteiger partial charge < -0.3 is 10.4 Å². The van der Waals surface area contributed by atoms with E-state index in [0.717, 1.165) is 19.3 Å². The van der Waals surface area contributed by atoms with Gasteiger partial charge in [0.1, 0.15) is 0 Å². The maximum absolute atomic E-state index is 12.4. The van der Waals surface area contributed by atoms with E-state index in [1.54, 1.807) is 30.3 Å². The van der Waals surface area contributed by atoms with E-state index in [1.165, 1.54) is 11.1 Å². The van der Waals surface area contributed by atoms with E-state index in [-0.39, 0.29) is 5.91 Å². The minimum atomic E-state index is -1.07. The maximum atomic E-state index is 12.4. The monoisotopic (exact) mass is 295 g/mol. The lowest BCUT2D eigenvalue weighted by molar-refractivity contribution is -0.139. The molecular formula is C18H17NO3.